The predicted molar refractivity (Wildman–Crippen MR) is 106 cm³/mol. The minimum Gasteiger partial charge on any atom is -0.325 e. The van der Waals surface area contributed by atoms with Crippen LogP contribution < -0.4 is 5.32 Å². The minimum atomic E-state index is 0.0455. The normalized spacial score (nSPS) is 17.2. The second kappa shape index (κ2) is 7.12. The molecule has 0 saturated heterocycles. The molecule has 0 spiro atoms. The summed E-state index contributed by atoms with van der Waals surface area (Å²) in [6.45, 7) is 3.37. The fraction of sp³-hybridized carbons (Fsp3) is 0.250. The highest BCUT2D eigenvalue weighted by Gasteiger charge is 2.31. The van der Waals surface area contributed by atoms with Gasteiger partial charge in [0.05, 0.1) is 12.6 Å². The molecular weight excluding hydrogens is 348 g/mol. The van der Waals surface area contributed by atoms with Gasteiger partial charge in [0, 0.05) is 22.0 Å². The van der Waals surface area contributed by atoms with E-state index in [1.807, 2.05) is 42.5 Å². The molecule has 0 unspecified atom stereocenters. The molecule has 0 bridgehead atoms. The molecular formula is C20H20N2OS2. The van der Waals surface area contributed by atoms with Crippen molar-refractivity contribution in [2.45, 2.75) is 19.4 Å². The van der Waals surface area contributed by atoms with Crippen LogP contribution in [0, 0.1) is 6.92 Å². The number of aryl methyl sites for hydroxylation is 1. The number of thiophene rings is 2. The maximum atomic E-state index is 12.6. The zero-order valence-corrected chi connectivity index (χ0v) is 15.7. The number of rotatable bonds is 4. The van der Waals surface area contributed by atoms with E-state index in [1.54, 1.807) is 11.3 Å². The van der Waals surface area contributed by atoms with E-state index in [1.165, 1.54) is 20.9 Å². The lowest BCUT2D eigenvalue weighted by molar-refractivity contribution is -0.117. The number of anilines is 1. The van der Waals surface area contributed by atoms with Crippen molar-refractivity contribution < 1.29 is 4.79 Å². The molecule has 1 aliphatic heterocycles. The van der Waals surface area contributed by atoms with E-state index < -0.39 is 0 Å². The van der Waals surface area contributed by atoms with Crippen LogP contribution in [0.1, 0.15) is 26.9 Å². The smallest absolute Gasteiger partial charge is 0.238 e. The summed E-state index contributed by atoms with van der Waals surface area (Å²) < 4.78 is 0. The number of amides is 1. The van der Waals surface area contributed by atoms with E-state index in [0.29, 0.717) is 6.54 Å². The Morgan fingerprint density at radius 3 is 2.76 bits per heavy atom. The van der Waals surface area contributed by atoms with Crippen LogP contribution in [0.3, 0.4) is 0 Å². The molecule has 128 valence electrons. The molecule has 1 aliphatic rings. The Labute approximate surface area is 155 Å². The fourth-order valence-electron chi connectivity index (χ4n) is 3.34. The molecule has 1 amide bonds. The number of benzene rings is 1. The summed E-state index contributed by atoms with van der Waals surface area (Å²) in [4.78, 5) is 17.6. The highest BCUT2D eigenvalue weighted by atomic mass is 32.1. The number of nitrogens with zero attached hydrogens (tertiary/aromatic N) is 1. The summed E-state index contributed by atoms with van der Waals surface area (Å²) in [6.07, 6.45) is 1.02. The number of nitrogens with one attached hydrogen (secondary N) is 1. The van der Waals surface area contributed by atoms with Crippen LogP contribution >= 0.6 is 22.7 Å². The SMILES string of the molecule is Cc1ccc(NC(=O)CN2CCc3sccc3[C@H]2c2cccs2)cc1. The number of hydrogen-bond donors (Lipinski definition) is 1. The highest BCUT2D eigenvalue weighted by Crippen LogP contribution is 2.39. The van der Waals surface area contributed by atoms with Crippen LogP contribution in [0.25, 0.3) is 0 Å². The summed E-state index contributed by atoms with van der Waals surface area (Å²) in [7, 11) is 0. The number of fused-ring (bicyclic) bond motifs is 1. The third-order valence-electron chi connectivity index (χ3n) is 4.56. The van der Waals surface area contributed by atoms with Crippen molar-refractivity contribution in [3.8, 4) is 0 Å². The van der Waals surface area contributed by atoms with Crippen LogP contribution in [0.2, 0.25) is 0 Å². The first-order chi connectivity index (χ1) is 12.2. The molecule has 0 aliphatic carbocycles. The quantitative estimate of drug-likeness (QED) is 0.724. The number of carbonyl (C=O) groups is 1. The highest BCUT2D eigenvalue weighted by molar-refractivity contribution is 7.10. The average Bonchev–Trinajstić information content (AvgIpc) is 3.28. The molecule has 0 saturated carbocycles. The Hall–Kier alpha value is -1.95. The summed E-state index contributed by atoms with van der Waals surface area (Å²) in [5, 5.41) is 7.30. The van der Waals surface area contributed by atoms with E-state index in [0.717, 1.165) is 18.7 Å². The largest absolute Gasteiger partial charge is 0.325 e. The van der Waals surface area contributed by atoms with Crippen LogP contribution in [0.5, 0.6) is 0 Å². The second-order valence-corrected chi connectivity index (χ2v) is 8.33. The van der Waals surface area contributed by atoms with Gasteiger partial charge in [-0.3, -0.25) is 9.69 Å². The topological polar surface area (TPSA) is 32.3 Å². The van der Waals surface area contributed by atoms with Crippen molar-refractivity contribution in [3.63, 3.8) is 0 Å². The lowest BCUT2D eigenvalue weighted by Crippen LogP contribution is -2.40. The van der Waals surface area contributed by atoms with Crippen molar-refractivity contribution >= 4 is 34.3 Å². The van der Waals surface area contributed by atoms with E-state index in [4.69, 9.17) is 0 Å². The first-order valence-electron chi connectivity index (χ1n) is 8.41. The van der Waals surface area contributed by atoms with Crippen molar-refractivity contribution in [1.29, 1.82) is 0 Å². The Bertz CT molecular complexity index is 852. The maximum Gasteiger partial charge on any atom is 0.238 e. The zero-order chi connectivity index (χ0) is 17.2. The van der Waals surface area contributed by atoms with Gasteiger partial charge in [0.25, 0.3) is 0 Å². The monoisotopic (exact) mass is 368 g/mol. The van der Waals surface area contributed by atoms with E-state index in [9.17, 15) is 4.79 Å². The Morgan fingerprint density at radius 1 is 1.16 bits per heavy atom. The Morgan fingerprint density at radius 2 is 2.00 bits per heavy atom. The van der Waals surface area contributed by atoms with Crippen LogP contribution in [-0.4, -0.2) is 23.9 Å². The summed E-state index contributed by atoms with van der Waals surface area (Å²) in [6, 6.07) is 14.6. The molecule has 25 heavy (non-hydrogen) atoms. The standard InChI is InChI=1S/C20H20N2OS2/c1-14-4-6-15(7-5-14)21-19(23)13-22-10-8-17-16(9-12-25-17)20(22)18-3-2-11-24-18/h2-7,9,11-12,20H,8,10,13H2,1H3,(H,21,23)/t20-/m0/s1. The number of hydrogen-bond acceptors (Lipinski definition) is 4. The molecule has 3 heterocycles. The molecule has 1 aromatic carbocycles. The Balaban J connectivity index is 1.52. The lowest BCUT2D eigenvalue weighted by atomic mass is 9.98. The van der Waals surface area contributed by atoms with Gasteiger partial charge in [-0.1, -0.05) is 23.8 Å². The zero-order valence-electron chi connectivity index (χ0n) is 14.1. The van der Waals surface area contributed by atoms with Gasteiger partial charge in [0.2, 0.25) is 5.91 Å². The molecule has 2 aromatic heterocycles. The Kier molecular flexibility index (Phi) is 4.70. The van der Waals surface area contributed by atoms with E-state index in [2.05, 4.69) is 39.2 Å². The summed E-state index contributed by atoms with van der Waals surface area (Å²) in [5.74, 6) is 0.0455. The average molecular weight is 369 g/mol. The predicted octanol–water partition coefficient (Wildman–Crippen LogP) is 4.70. The third kappa shape index (κ3) is 3.54. The van der Waals surface area contributed by atoms with Crippen LogP contribution in [-0.2, 0) is 11.2 Å². The first kappa shape index (κ1) is 16.5. The second-order valence-electron chi connectivity index (χ2n) is 6.35. The number of carbonyl (C=O) groups excluding carboxylic acids is 1. The van der Waals surface area contributed by atoms with Gasteiger partial charge in [0.1, 0.15) is 0 Å². The maximum absolute atomic E-state index is 12.6. The van der Waals surface area contributed by atoms with E-state index in [-0.39, 0.29) is 11.9 Å². The molecule has 1 atom stereocenters. The van der Waals surface area contributed by atoms with E-state index >= 15 is 0 Å². The van der Waals surface area contributed by atoms with Gasteiger partial charge in [-0.15, -0.1) is 22.7 Å². The van der Waals surface area contributed by atoms with Gasteiger partial charge >= 0.3 is 0 Å². The molecule has 0 radical (unpaired) electrons. The molecule has 3 nitrogen and oxygen atoms in total. The van der Waals surface area contributed by atoms with Gasteiger partial charge in [-0.05, 0) is 53.9 Å². The minimum absolute atomic E-state index is 0.0455. The van der Waals surface area contributed by atoms with Crippen LogP contribution in [0.15, 0.2) is 53.2 Å². The lowest BCUT2D eigenvalue weighted by Gasteiger charge is -2.34. The van der Waals surface area contributed by atoms with Gasteiger partial charge in [0.15, 0.2) is 0 Å². The van der Waals surface area contributed by atoms with Crippen molar-refractivity contribution in [1.82, 2.24) is 4.90 Å². The van der Waals surface area contributed by atoms with Gasteiger partial charge in [-0.25, -0.2) is 0 Å². The summed E-state index contributed by atoms with van der Waals surface area (Å²) in [5.41, 5.74) is 3.41. The molecule has 3 aromatic rings. The van der Waals surface area contributed by atoms with Gasteiger partial charge in [-0.2, -0.15) is 0 Å². The van der Waals surface area contributed by atoms with Crippen molar-refractivity contribution in [3.05, 3.63) is 74.1 Å². The molecule has 4 rings (SSSR count). The molecule has 1 N–H and O–H groups in total. The molecule has 0 fully saturated rings. The first-order valence-corrected chi connectivity index (χ1v) is 10.2. The van der Waals surface area contributed by atoms with Crippen LogP contribution in [0.4, 0.5) is 5.69 Å². The van der Waals surface area contributed by atoms with Crippen molar-refractivity contribution in [2.75, 3.05) is 18.4 Å². The molecule has 5 heteroatoms. The summed E-state index contributed by atoms with van der Waals surface area (Å²) >= 11 is 3.59. The third-order valence-corrected chi connectivity index (χ3v) is 6.48. The van der Waals surface area contributed by atoms with Crippen molar-refractivity contribution in [2.24, 2.45) is 0 Å². The fourth-order valence-corrected chi connectivity index (χ4v) is 5.12. The van der Waals surface area contributed by atoms with Gasteiger partial charge < -0.3 is 5.32 Å².